The van der Waals surface area contributed by atoms with Crippen molar-refractivity contribution < 1.29 is 19.7 Å². The van der Waals surface area contributed by atoms with E-state index in [2.05, 4.69) is 10.2 Å². The maximum absolute atomic E-state index is 11.4. The van der Waals surface area contributed by atoms with E-state index in [0.717, 1.165) is 11.4 Å². The van der Waals surface area contributed by atoms with Gasteiger partial charge >= 0.3 is 0 Å². The van der Waals surface area contributed by atoms with Gasteiger partial charge < -0.3 is 10.1 Å². The minimum Gasteiger partial charge on any atom is -0.497 e. The predicted molar refractivity (Wildman–Crippen MR) is 59.4 cm³/mol. The van der Waals surface area contributed by atoms with Gasteiger partial charge in [0.15, 0.2) is 0 Å². The summed E-state index contributed by atoms with van der Waals surface area (Å²) in [6, 6.07) is 7.07. The zero-order valence-corrected chi connectivity index (χ0v) is 9.10. The van der Waals surface area contributed by atoms with Gasteiger partial charge in [-0.05, 0) is 30.7 Å². The highest BCUT2D eigenvalue weighted by atomic mass is 17.1. The molecule has 0 radical (unpaired) electrons. The maximum atomic E-state index is 11.4. The number of anilines is 1. The normalized spacial score (nSPS) is 9.88. The molecule has 0 saturated carbocycles. The molecule has 2 N–H and O–H groups in total. The lowest BCUT2D eigenvalue weighted by Gasteiger charge is -2.05. The van der Waals surface area contributed by atoms with Gasteiger partial charge in [-0.15, -0.1) is 0 Å². The number of benzene rings is 1. The van der Waals surface area contributed by atoms with Gasteiger partial charge in [-0.1, -0.05) is 0 Å². The fourth-order valence-electron chi connectivity index (χ4n) is 1.20. The van der Waals surface area contributed by atoms with Gasteiger partial charge in [0.1, 0.15) is 5.75 Å². The van der Waals surface area contributed by atoms with E-state index in [1.165, 1.54) is 0 Å². The van der Waals surface area contributed by atoms with Crippen LogP contribution in [0.3, 0.4) is 0 Å². The lowest BCUT2D eigenvalue weighted by atomic mass is 10.2. The zero-order chi connectivity index (χ0) is 11.8. The molecule has 0 aliphatic heterocycles. The van der Waals surface area contributed by atoms with Gasteiger partial charge in [-0.2, -0.15) is 0 Å². The van der Waals surface area contributed by atoms with E-state index >= 15 is 0 Å². The third-order valence-electron chi connectivity index (χ3n) is 2.01. The molecule has 1 aromatic rings. The third kappa shape index (κ3) is 4.29. The highest BCUT2D eigenvalue weighted by Gasteiger charge is 2.02. The van der Waals surface area contributed by atoms with Crippen molar-refractivity contribution in [1.29, 1.82) is 0 Å². The first-order valence-electron chi connectivity index (χ1n) is 4.96. The minimum absolute atomic E-state index is 0.109. The first-order valence-corrected chi connectivity index (χ1v) is 4.96. The van der Waals surface area contributed by atoms with Crippen LogP contribution in [-0.2, 0) is 9.68 Å². The van der Waals surface area contributed by atoms with Crippen LogP contribution in [0.25, 0.3) is 0 Å². The molecular formula is C11H15NO4. The summed E-state index contributed by atoms with van der Waals surface area (Å²) in [5.41, 5.74) is 0.718. The molecule has 0 unspecified atom stereocenters. The molecule has 0 aliphatic carbocycles. The fourth-order valence-corrected chi connectivity index (χ4v) is 1.20. The highest BCUT2D eigenvalue weighted by Crippen LogP contribution is 2.15. The maximum Gasteiger partial charge on any atom is 0.224 e. The Morgan fingerprint density at radius 2 is 2.06 bits per heavy atom. The topological polar surface area (TPSA) is 67.8 Å². The van der Waals surface area contributed by atoms with Crippen molar-refractivity contribution in [2.45, 2.75) is 12.8 Å². The molecule has 0 heterocycles. The number of hydrogen-bond acceptors (Lipinski definition) is 4. The highest BCUT2D eigenvalue weighted by molar-refractivity contribution is 5.90. The summed E-state index contributed by atoms with van der Waals surface area (Å²) in [4.78, 5) is 15.2. The van der Waals surface area contributed by atoms with Gasteiger partial charge in [0.25, 0.3) is 0 Å². The molecule has 1 amide bonds. The Hall–Kier alpha value is -1.59. The summed E-state index contributed by atoms with van der Waals surface area (Å²) < 4.78 is 5.00. The van der Waals surface area contributed by atoms with Crippen LogP contribution in [0.15, 0.2) is 24.3 Å². The first-order chi connectivity index (χ1) is 7.76. The van der Waals surface area contributed by atoms with Crippen LogP contribution >= 0.6 is 0 Å². The van der Waals surface area contributed by atoms with Crippen molar-refractivity contribution in [3.05, 3.63) is 24.3 Å². The van der Waals surface area contributed by atoms with Crippen LogP contribution < -0.4 is 10.1 Å². The quantitative estimate of drug-likeness (QED) is 0.441. The summed E-state index contributed by atoms with van der Waals surface area (Å²) in [5.74, 6) is 0.633. The van der Waals surface area contributed by atoms with Crippen molar-refractivity contribution in [3.63, 3.8) is 0 Å². The van der Waals surface area contributed by atoms with Crippen molar-refractivity contribution in [1.82, 2.24) is 0 Å². The molecular weight excluding hydrogens is 210 g/mol. The summed E-state index contributed by atoms with van der Waals surface area (Å²) in [7, 11) is 1.59. The average Bonchev–Trinajstić information content (AvgIpc) is 2.30. The number of hydrogen-bond donors (Lipinski definition) is 2. The molecule has 0 saturated heterocycles. The first kappa shape index (κ1) is 12.5. The second-order valence-corrected chi connectivity index (χ2v) is 3.21. The molecule has 0 spiro atoms. The van der Waals surface area contributed by atoms with Gasteiger partial charge in [0.2, 0.25) is 5.91 Å². The summed E-state index contributed by atoms with van der Waals surface area (Å²) in [5, 5.41) is 10.8. The molecule has 0 aromatic heterocycles. The molecule has 0 bridgehead atoms. The summed E-state index contributed by atoms with van der Waals surface area (Å²) in [6.07, 6.45) is 0.797. The van der Waals surface area contributed by atoms with Crippen LogP contribution in [-0.4, -0.2) is 24.9 Å². The second-order valence-electron chi connectivity index (χ2n) is 3.21. The van der Waals surface area contributed by atoms with E-state index in [1.807, 2.05) is 0 Å². The number of carbonyl (C=O) groups excluding carboxylic acids is 1. The third-order valence-corrected chi connectivity index (χ3v) is 2.01. The Morgan fingerprint density at radius 3 is 2.62 bits per heavy atom. The number of nitrogens with one attached hydrogen (secondary N) is 1. The van der Waals surface area contributed by atoms with Gasteiger partial charge in [-0.25, -0.2) is 4.89 Å². The lowest BCUT2D eigenvalue weighted by molar-refractivity contribution is -0.242. The van der Waals surface area contributed by atoms with Crippen LogP contribution in [0.4, 0.5) is 5.69 Å². The molecule has 5 heteroatoms. The Kier molecular flexibility index (Phi) is 5.31. The van der Waals surface area contributed by atoms with Crippen molar-refractivity contribution in [2.24, 2.45) is 0 Å². The van der Waals surface area contributed by atoms with E-state index in [4.69, 9.17) is 9.99 Å². The summed E-state index contributed by atoms with van der Waals surface area (Å²) >= 11 is 0. The zero-order valence-electron chi connectivity index (χ0n) is 9.10. The molecule has 1 aromatic carbocycles. The Labute approximate surface area is 93.9 Å². The molecule has 16 heavy (non-hydrogen) atoms. The number of amides is 1. The minimum atomic E-state index is -0.109. The largest absolute Gasteiger partial charge is 0.497 e. The number of rotatable bonds is 6. The van der Waals surface area contributed by atoms with Crippen LogP contribution in [0.1, 0.15) is 12.8 Å². The van der Waals surface area contributed by atoms with Gasteiger partial charge in [0, 0.05) is 12.1 Å². The van der Waals surface area contributed by atoms with E-state index in [-0.39, 0.29) is 12.5 Å². The molecule has 0 aliphatic rings. The molecule has 0 atom stereocenters. The van der Waals surface area contributed by atoms with E-state index in [9.17, 15) is 4.79 Å². The molecule has 0 fully saturated rings. The Bertz CT molecular complexity index is 323. The second kappa shape index (κ2) is 6.81. The SMILES string of the molecule is COc1ccc(NC(=O)CCCOO)cc1. The van der Waals surface area contributed by atoms with Gasteiger partial charge in [0.05, 0.1) is 13.7 Å². The monoisotopic (exact) mass is 225 g/mol. The summed E-state index contributed by atoms with van der Waals surface area (Å²) in [6.45, 7) is 0.163. The predicted octanol–water partition coefficient (Wildman–Crippen LogP) is 1.90. The van der Waals surface area contributed by atoms with Crippen LogP contribution in [0.2, 0.25) is 0 Å². The average molecular weight is 225 g/mol. The van der Waals surface area contributed by atoms with Crippen molar-refractivity contribution in [3.8, 4) is 5.75 Å². The fraction of sp³-hybridized carbons (Fsp3) is 0.364. The molecule has 1 rings (SSSR count). The van der Waals surface area contributed by atoms with Crippen molar-refractivity contribution in [2.75, 3.05) is 19.0 Å². The van der Waals surface area contributed by atoms with Gasteiger partial charge in [-0.3, -0.25) is 10.1 Å². The number of ether oxygens (including phenoxy) is 1. The van der Waals surface area contributed by atoms with E-state index in [0.29, 0.717) is 12.8 Å². The molecule has 5 nitrogen and oxygen atoms in total. The van der Waals surface area contributed by atoms with Crippen molar-refractivity contribution >= 4 is 11.6 Å². The Balaban J connectivity index is 2.37. The van der Waals surface area contributed by atoms with E-state index < -0.39 is 0 Å². The van der Waals surface area contributed by atoms with Crippen LogP contribution in [0.5, 0.6) is 5.75 Å². The van der Waals surface area contributed by atoms with E-state index in [1.54, 1.807) is 31.4 Å². The van der Waals surface area contributed by atoms with Crippen LogP contribution in [0, 0.1) is 0 Å². The smallest absolute Gasteiger partial charge is 0.224 e. The lowest BCUT2D eigenvalue weighted by Crippen LogP contribution is -2.11. The number of carbonyl (C=O) groups is 1. The Morgan fingerprint density at radius 1 is 1.38 bits per heavy atom. The number of methoxy groups -OCH3 is 1. The molecule has 88 valence electrons. The standard InChI is InChI=1S/C11H15NO4/c1-15-10-6-4-9(5-7-10)12-11(13)3-2-8-16-14/h4-7,14H,2-3,8H2,1H3,(H,12,13).